The van der Waals surface area contributed by atoms with Gasteiger partial charge in [0.15, 0.2) is 0 Å². The third-order valence-electron chi connectivity index (χ3n) is 7.08. The number of hydrogen-bond donors (Lipinski definition) is 1. The standard InChI is InChI=1S/C24H29BrN6O5/c1-29-12-18(34-2)19(13-29)36-23-27-17-10-16(25)15-4-3-9-35-21(15)20(17)22(28-23)30-7-8-31(24(32)33)14(11-30)5-6-26/h10,14,18-19H,3-5,7-9,11-13H2,1-2H3,(H,32,33)/t14?,18-,19-/m0/s1. The van der Waals surface area contributed by atoms with Crippen LogP contribution in [0.3, 0.4) is 0 Å². The lowest BCUT2D eigenvalue weighted by atomic mass is 10.0. The van der Waals surface area contributed by atoms with Gasteiger partial charge < -0.3 is 29.1 Å². The number of fused-ring (bicyclic) bond motifs is 3. The minimum absolute atomic E-state index is 0.0965. The number of ether oxygens (including phenoxy) is 3. The summed E-state index contributed by atoms with van der Waals surface area (Å²) in [5.41, 5.74) is 1.75. The highest BCUT2D eigenvalue weighted by Gasteiger charge is 2.36. The number of anilines is 1. The van der Waals surface area contributed by atoms with E-state index in [4.69, 9.17) is 24.2 Å². The van der Waals surface area contributed by atoms with Crippen LogP contribution in [0.15, 0.2) is 10.5 Å². The van der Waals surface area contributed by atoms with Crippen LogP contribution in [0.4, 0.5) is 10.6 Å². The number of likely N-dealkylation sites (tertiary alicyclic amines) is 1. The van der Waals surface area contributed by atoms with Gasteiger partial charge in [-0.15, -0.1) is 0 Å². The van der Waals surface area contributed by atoms with Gasteiger partial charge in [0.05, 0.1) is 36.0 Å². The Morgan fingerprint density at radius 2 is 2.11 bits per heavy atom. The predicted octanol–water partition coefficient (Wildman–Crippen LogP) is 2.51. The third kappa shape index (κ3) is 4.63. The molecule has 3 aliphatic heterocycles. The number of hydrogen-bond acceptors (Lipinski definition) is 9. The number of nitriles is 1. The number of carboxylic acid groups (broad SMARTS) is 1. The molecule has 5 rings (SSSR count). The van der Waals surface area contributed by atoms with Crippen molar-refractivity contribution in [2.45, 2.75) is 37.5 Å². The molecule has 2 fully saturated rings. The van der Waals surface area contributed by atoms with Crippen molar-refractivity contribution < 1.29 is 24.1 Å². The molecule has 1 amide bonds. The largest absolute Gasteiger partial charge is 0.492 e. The molecule has 1 N–H and O–H groups in total. The average Bonchev–Trinajstić information content (AvgIpc) is 3.22. The molecule has 3 atom stereocenters. The summed E-state index contributed by atoms with van der Waals surface area (Å²) in [5.74, 6) is 1.38. The molecule has 192 valence electrons. The van der Waals surface area contributed by atoms with Crippen LogP contribution in [0, 0.1) is 11.3 Å². The van der Waals surface area contributed by atoms with Gasteiger partial charge in [-0.3, -0.25) is 4.90 Å². The lowest BCUT2D eigenvalue weighted by Gasteiger charge is -2.40. The molecule has 4 heterocycles. The molecular weight excluding hydrogens is 532 g/mol. The summed E-state index contributed by atoms with van der Waals surface area (Å²) in [5, 5.41) is 19.8. The molecule has 36 heavy (non-hydrogen) atoms. The fraction of sp³-hybridized carbons (Fsp3) is 0.583. The molecule has 12 heteroatoms. The second-order valence-corrected chi connectivity index (χ2v) is 10.3. The topological polar surface area (TPSA) is 124 Å². The first kappa shape index (κ1) is 24.8. The minimum atomic E-state index is -1.02. The number of amides is 1. The van der Waals surface area contributed by atoms with E-state index in [0.717, 1.165) is 40.6 Å². The number of benzene rings is 1. The van der Waals surface area contributed by atoms with Crippen LogP contribution >= 0.6 is 15.9 Å². The van der Waals surface area contributed by atoms with Crippen molar-refractivity contribution in [1.82, 2.24) is 19.8 Å². The van der Waals surface area contributed by atoms with E-state index in [1.54, 1.807) is 7.11 Å². The molecule has 1 aromatic heterocycles. The number of aromatic nitrogens is 2. The number of nitrogens with zero attached hydrogens (tertiary/aromatic N) is 6. The lowest BCUT2D eigenvalue weighted by molar-refractivity contribution is 0.0300. The van der Waals surface area contributed by atoms with Crippen LogP contribution in [0.25, 0.3) is 10.9 Å². The van der Waals surface area contributed by atoms with Gasteiger partial charge >= 0.3 is 12.1 Å². The van der Waals surface area contributed by atoms with Crippen molar-refractivity contribution in [3.05, 3.63) is 16.1 Å². The fourth-order valence-electron chi connectivity index (χ4n) is 5.31. The molecule has 0 aliphatic carbocycles. The highest BCUT2D eigenvalue weighted by Crippen LogP contribution is 2.43. The smallest absolute Gasteiger partial charge is 0.407 e. The van der Waals surface area contributed by atoms with Crippen LogP contribution in [-0.2, 0) is 11.2 Å². The number of likely N-dealkylation sites (N-methyl/N-ethyl adjacent to an activating group) is 1. The van der Waals surface area contributed by atoms with Gasteiger partial charge in [-0.25, -0.2) is 4.79 Å². The molecule has 3 aliphatic rings. The first-order valence-corrected chi connectivity index (χ1v) is 12.8. The summed E-state index contributed by atoms with van der Waals surface area (Å²) < 4.78 is 19.0. The summed E-state index contributed by atoms with van der Waals surface area (Å²) in [6.45, 7) is 3.07. The molecule has 11 nitrogen and oxygen atoms in total. The molecule has 2 saturated heterocycles. The zero-order valence-corrected chi connectivity index (χ0v) is 21.9. The Bertz CT molecular complexity index is 1210. The molecule has 1 unspecified atom stereocenters. The molecular formula is C24H29BrN6O5. The molecule has 1 aromatic carbocycles. The minimum Gasteiger partial charge on any atom is -0.492 e. The summed E-state index contributed by atoms with van der Waals surface area (Å²) in [6, 6.07) is 3.86. The monoisotopic (exact) mass is 560 g/mol. The van der Waals surface area contributed by atoms with Crippen molar-refractivity contribution in [3.8, 4) is 17.8 Å². The van der Waals surface area contributed by atoms with Gasteiger partial charge in [-0.05, 0) is 26.0 Å². The Balaban J connectivity index is 1.59. The van der Waals surface area contributed by atoms with Gasteiger partial charge in [-0.2, -0.15) is 15.2 Å². The lowest BCUT2D eigenvalue weighted by Crippen LogP contribution is -2.55. The van der Waals surface area contributed by atoms with Gasteiger partial charge in [0, 0.05) is 49.9 Å². The number of halogens is 1. The van der Waals surface area contributed by atoms with E-state index >= 15 is 0 Å². The van der Waals surface area contributed by atoms with Crippen LogP contribution in [0.1, 0.15) is 18.4 Å². The van der Waals surface area contributed by atoms with Crippen LogP contribution in [-0.4, -0.2) is 103 Å². The maximum atomic E-state index is 11.8. The fourth-order valence-corrected chi connectivity index (χ4v) is 5.90. The Morgan fingerprint density at radius 3 is 2.86 bits per heavy atom. The molecule has 0 saturated carbocycles. The first-order valence-electron chi connectivity index (χ1n) is 12.0. The number of rotatable bonds is 5. The van der Waals surface area contributed by atoms with E-state index < -0.39 is 12.1 Å². The van der Waals surface area contributed by atoms with Gasteiger partial charge in [-0.1, -0.05) is 15.9 Å². The Labute approximate surface area is 217 Å². The zero-order valence-electron chi connectivity index (χ0n) is 20.3. The molecule has 0 radical (unpaired) electrons. The van der Waals surface area contributed by atoms with Crippen LogP contribution < -0.4 is 14.4 Å². The van der Waals surface area contributed by atoms with Crippen molar-refractivity contribution in [2.24, 2.45) is 0 Å². The van der Waals surface area contributed by atoms with E-state index in [2.05, 4.69) is 26.9 Å². The predicted molar refractivity (Wildman–Crippen MR) is 135 cm³/mol. The van der Waals surface area contributed by atoms with Crippen LogP contribution in [0.2, 0.25) is 0 Å². The van der Waals surface area contributed by atoms with E-state index in [1.807, 2.05) is 18.0 Å². The Morgan fingerprint density at radius 1 is 1.31 bits per heavy atom. The summed E-state index contributed by atoms with van der Waals surface area (Å²) >= 11 is 3.69. The van der Waals surface area contributed by atoms with Gasteiger partial charge in [0.25, 0.3) is 0 Å². The van der Waals surface area contributed by atoms with Crippen molar-refractivity contribution >= 4 is 38.7 Å². The average molecular weight is 561 g/mol. The van der Waals surface area contributed by atoms with Crippen LogP contribution in [0.5, 0.6) is 11.8 Å². The molecule has 0 bridgehead atoms. The third-order valence-corrected chi connectivity index (χ3v) is 7.79. The first-order chi connectivity index (χ1) is 17.4. The second-order valence-electron chi connectivity index (χ2n) is 9.43. The number of methoxy groups -OCH3 is 1. The highest BCUT2D eigenvalue weighted by atomic mass is 79.9. The normalized spacial score (nSPS) is 24.3. The number of piperazine rings is 1. The Kier molecular flexibility index (Phi) is 7.05. The van der Waals surface area contributed by atoms with E-state index in [-0.39, 0.29) is 31.2 Å². The van der Waals surface area contributed by atoms with Gasteiger partial charge in [0.2, 0.25) is 0 Å². The Hall–Kier alpha value is -2.88. The summed E-state index contributed by atoms with van der Waals surface area (Å²) in [7, 11) is 3.69. The summed E-state index contributed by atoms with van der Waals surface area (Å²) in [4.78, 5) is 26.9. The van der Waals surface area contributed by atoms with E-state index in [9.17, 15) is 15.2 Å². The highest BCUT2D eigenvalue weighted by molar-refractivity contribution is 9.10. The molecule has 2 aromatic rings. The SMILES string of the molecule is CO[C@H]1CN(C)C[C@@H]1Oc1nc(N2CCN(C(=O)O)C(CC#N)C2)c2c3c(c(Br)cc2n1)CCCO3. The maximum Gasteiger partial charge on any atom is 0.407 e. The summed E-state index contributed by atoms with van der Waals surface area (Å²) in [6.07, 6.45) is 0.542. The van der Waals surface area contributed by atoms with Gasteiger partial charge in [0.1, 0.15) is 23.8 Å². The maximum absolute atomic E-state index is 11.8. The quantitative estimate of drug-likeness (QED) is 0.583. The zero-order chi connectivity index (χ0) is 25.4. The van der Waals surface area contributed by atoms with Crippen molar-refractivity contribution in [3.63, 3.8) is 0 Å². The molecule has 0 spiro atoms. The second kappa shape index (κ2) is 10.2. The van der Waals surface area contributed by atoms with E-state index in [0.29, 0.717) is 37.6 Å². The van der Waals surface area contributed by atoms with Crippen molar-refractivity contribution in [2.75, 3.05) is 58.4 Å². The van der Waals surface area contributed by atoms with E-state index in [1.165, 1.54) is 4.90 Å². The number of carbonyl (C=O) groups is 1. The van der Waals surface area contributed by atoms with Crippen molar-refractivity contribution in [1.29, 1.82) is 5.26 Å².